The minimum atomic E-state index is -0.357. The van der Waals surface area contributed by atoms with Crippen LogP contribution in [0.5, 0.6) is 0 Å². The largest absolute Gasteiger partial charge is 0.329 e. The number of anilines is 1. The number of carbonyl (C=O) groups excluding carboxylic acids is 1. The normalized spacial score (nSPS) is 10.1. The Kier molecular flexibility index (Phi) is 2.55. The third-order valence-corrected chi connectivity index (χ3v) is 1.99. The number of pyridine rings is 1. The van der Waals surface area contributed by atoms with Crippen LogP contribution >= 0.6 is 0 Å². The van der Waals surface area contributed by atoms with Crippen molar-refractivity contribution in [1.29, 1.82) is 0 Å². The Morgan fingerprint density at radius 2 is 2.31 bits per heavy atom. The van der Waals surface area contributed by atoms with Crippen molar-refractivity contribution in [2.24, 2.45) is 7.05 Å². The molecule has 0 fully saturated rings. The van der Waals surface area contributed by atoms with E-state index in [2.05, 4.69) is 15.4 Å². The van der Waals surface area contributed by atoms with Crippen molar-refractivity contribution in [2.45, 2.75) is 0 Å². The Labute approximate surface area is 90.9 Å². The second-order valence-electron chi connectivity index (χ2n) is 3.27. The summed E-state index contributed by atoms with van der Waals surface area (Å²) < 4.78 is 1.58. The Morgan fingerprint density at radius 3 is 2.94 bits per heavy atom. The van der Waals surface area contributed by atoms with Crippen LogP contribution < -0.4 is 10.9 Å². The summed E-state index contributed by atoms with van der Waals surface area (Å²) in [7, 11) is 1.75. The molecule has 0 aliphatic carbocycles. The maximum Gasteiger partial charge on any atom is 0.257 e. The van der Waals surface area contributed by atoms with Gasteiger partial charge in [-0.05, 0) is 6.07 Å². The van der Waals surface area contributed by atoms with Gasteiger partial charge in [0.25, 0.3) is 5.91 Å². The van der Waals surface area contributed by atoms with Crippen LogP contribution in [-0.4, -0.2) is 20.7 Å². The van der Waals surface area contributed by atoms with E-state index in [1.165, 1.54) is 18.3 Å². The topological polar surface area (TPSA) is 79.8 Å². The number of amides is 1. The third kappa shape index (κ3) is 2.17. The van der Waals surface area contributed by atoms with E-state index in [0.717, 1.165) is 0 Å². The Balaban J connectivity index is 2.17. The van der Waals surface area contributed by atoms with E-state index in [4.69, 9.17) is 0 Å². The van der Waals surface area contributed by atoms with Crippen molar-refractivity contribution in [3.63, 3.8) is 0 Å². The van der Waals surface area contributed by atoms with Crippen molar-refractivity contribution >= 4 is 11.7 Å². The minimum Gasteiger partial charge on any atom is -0.329 e. The molecule has 0 atom stereocenters. The van der Waals surface area contributed by atoms with Crippen molar-refractivity contribution in [3.8, 4) is 0 Å². The quantitative estimate of drug-likeness (QED) is 0.763. The molecule has 1 amide bonds. The van der Waals surface area contributed by atoms with Gasteiger partial charge in [-0.1, -0.05) is 0 Å². The molecule has 2 aromatic rings. The van der Waals surface area contributed by atoms with Crippen molar-refractivity contribution in [2.75, 3.05) is 5.32 Å². The number of rotatable bonds is 2. The van der Waals surface area contributed by atoms with E-state index in [-0.39, 0.29) is 11.5 Å². The molecule has 82 valence electrons. The first-order chi connectivity index (χ1) is 7.65. The standard InChI is InChI=1S/C10H10N4O2/c1-14-5-3-8(13-14)12-10(16)7-2-4-11-9(15)6-7/h2-6H,1H3,(H,11,15)(H,12,13,16). The molecule has 0 unspecified atom stereocenters. The number of aryl methyl sites for hydroxylation is 1. The summed E-state index contributed by atoms with van der Waals surface area (Å²) in [6.07, 6.45) is 3.14. The lowest BCUT2D eigenvalue weighted by molar-refractivity contribution is 0.102. The Hall–Kier alpha value is -2.37. The predicted octanol–water partition coefficient (Wildman–Crippen LogP) is 0.361. The Bertz CT molecular complexity index is 570. The van der Waals surface area contributed by atoms with Gasteiger partial charge in [0.2, 0.25) is 5.56 Å². The van der Waals surface area contributed by atoms with Gasteiger partial charge in [0.05, 0.1) is 0 Å². The van der Waals surface area contributed by atoms with E-state index >= 15 is 0 Å². The summed E-state index contributed by atoms with van der Waals surface area (Å²) in [5, 5.41) is 6.58. The maximum atomic E-state index is 11.7. The fraction of sp³-hybridized carbons (Fsp3) is 0.100. The van der Waals surface area contributed by atoms with Gasteiger partial charge in [0.1, 0.15) is 0 Å². The molecule has 0 aliphatic rings. The minimum absolute atomic E-state index is 0.300. The van der Waals surface area contributed by atoms with Crippen LogP contribution in [0.1, 0.15) is 10.4 Å². The summed E-state index contributed by atoms with van der Waals surface area (Å²) in [5.74, 6) is 0.0950. The molecule has 6 nitrogen and oxygen atoms in total. The zero-order valence-electron chi connectivity index (χ0n) is 8.60. The molecule has 0 spiro atoms. The second kappa shape index (κ2) is 4.01. The number of aromatic nitrogens is 3. The summed E-state index contributed by atoms with van der Waals surface area (Å²) in [5.41, 5.74) is -0.0110. The van der Waals surface area contributed by atoms with E-state index in [0.29, 0.717) is 11.4 Å². The summed E-state index contributed by atoms with van der Waals surface area (Å²) in [4.78, 5) is 25.1. The highest BCUT2D eigenvalue weighted by atomic mass is 16.2. The lowest BCUT2D eigenvalue weighted by atomic mass is 10.2. The number of nitrogens with zero attached hydrogens (tertiary/aromatic N) is 2. The molecule has 0 bridgehead atoms. The lowest BCUT2D eigenvalue weighted by Crippen LogP contribution is -2.15. The highest BCUT2D eigenvalue weighted by molar-refractivity contribution is 6.03. The number of hydrogen-bond acceptors (Lipinski definition) is 3. The van der Waals surface area contributed by atoms with Crippen molar-refractivity contribution in [3.05, 3.63) is 46.5 Å². The summed E-state index contributed by atoms with van der Waals surface area (Å²) in [6, 6.07) is 4.43. The number of hydrogen-bond donors (Lipinski definition) is 2. The first-order valence-corrected chi connectivity index (χ1v) is 4.65. The van der Waals surface area contributed by atoms with Gasteiger partial charge in [-0.2, -0.15) is 5.10 Å². The fourth-order valence-electron chi connectivity index (χ4n) is 1.26. The zero-order chi connectivity index (χ0) is 11.5. The van der Waals surface area contributed by atoms with Gasteiger partial charge in [-0.15, -0.1) is 0 Å². The molecule has 0 saturated carbocycles. The SMILES string of the molecule is Cn1ccc(NC(=O)c2cc[nH]c(=O)c2)n1. The second-order valence-corrected chi connectivity index (χ2v) is 3.27. The van der Waals surface area contributed by atoms with Crippen LogP contribution in [0, 0.1) is 0 Å². The monoisotopic (exact) mass is 218 g/mol. The molecule has 0 radical (unpaired) electrons. The van der Waals surface area contributed by atoms with E-state index in [1.807, 2.05) is 0 Å². The highest BCUT2D eigenvalue weighted by Crippen LogP contribution is 2.03. The fourth-order valence-corrected chi connectivity index (χ4v) is 1.26. The van der Waals surface area contributed by atoms with Gasteiger partial charge < -0.3 is 10.3 Å². The smallest absolute Gasteiger partial charge is 0.257 e. The van der Waals surface area contributed by atoms with Gasteiger partial charge in [-0.25, -0.2) is 0 Å². The van der Waals surface area contributed by atoms with Crippen molar-refractivity contribution in [1.82, 2.24) is 14.8 Å². The average molecular weight is 218 g/mol. The molecule has 0 saturated heterocycles. The molecule has 2 aromatic heterocycles. The number of carbonyl (C=O) groups is 1. The molecule has 16 heavy (non-hydrogen) atoms. The van der Waals surface area contributed by atoms with E-state index in [9.17, 15) is 9.59 Å². The van der Waals surface area contributed by atoms with Crippen LogP contribution in [0.25, 0.3) is 0 Å². The van der Waals surface area contributed by atoms with Crippen LogP contribution in [0.4, 0.5) is 5.82 Å². The maximum absolute atomic E-state index is 11.7. The van der Waals surface area contributed by atoms with Gasteiger partial charge in [0, 0.05) is 37.1 Å². The summed E-state index contributed by atoms with van der Waals surface area (Å²) in [6.45, 7) is 0. The van der Waals surface area contributed by atoms with Gasteiger partial charge in [0.15, 0.2) is 5.82 Å². The first kappa shape index (κ1) is 10.2. The molecule has 2 heterocycles. The molecular weight excluding hydrogens is 208 g/mol. The molecule has 2 N–H and O–H groups in total. The zero-order valence-corrected chi connectivity index (χ0v) is 8.60. The Morgan fingerprint density at radius 1 is 1.50 bits per heavy atom. The van der Waals surface area contributed by atoms with E-state index in [1.54, 1.807) is 24.0 Å². The lowest BCUT2D eigenvalue weighted by Gasteiger charge is -2.00. The molecule has 0 aliphatic heterocycles. The van der Waals surface area contributed by atoms with Crippen LogP contribution in [0.3, 0.4) is 0 Å². The third-order valence-electron chi connectivity index (χ3n) is 1.99. The van der Waals surface area contributed by atoms with Gasteiger partial charge in [-0.3, -0.25) is 14.3 Å². The molecule has 2 rings (SSSR count). The van der Waals surface area contributed by atoms with Crippen LogP contribution in [0.2, 0.25) is 0 Å². The number of H-pyrrole nitrogens is 1. The van der Waals surface area contributed by atoms with Crippen LogP contribution in [-0.2, 0) is 7.05 Å². The average Bonchev–Trinajstić information content (AvgIpc) is 2.64. The molecule has 6 heteroatoms. The molecular formula is C10H10N4O2. The van der Waals surface area contributed by atoms with Crippen LogP contribution in [0.15, 0.2) is 35.4 Å². The predicted molar refractivity (Wildman–Crippen MR) is 58.2 cm³/mol. The first-order valence-electron chi connectivity index (χ1n) is 4.65. The van der Waals surface area contributed by atoms with E-state index < -0.39 is 0 Å². The van der Waals surface area contributed by atoms with Crippen molar-refractivity contribution < 1.29 is 4.79 Å². The van der Waals surface area contributed by atoms with Gasteiger partial charge >= 0.3 is 0 Å². The highest BCUT2D eigenvalue weighted by Gasteiger charge is 2.07. The summed E-state index contributed by atoms with van der Waals surface area (Å²) >= 11 is 0. The number of nitrogens with one attached hydrogen (secondary N) is 2. The molecule has 0 aromatic carbocycles. The number of aromatic amines is 1.